The molecule has 0 aromatic carbocycles. The van der Waals surface area contributed by atoms with E-state index in [-0.39, 0.29) is 36.6 Å². The number of nitrogens with zero attached hydrogens (tertiary/aromatic N) is 1. The van der Waals surface area contributed by atoms with Crippen molar-refractivity contribution in [2.75, 3.05) is 6.54 Å². The number of ketones is 1. The zero-order chi connectivity index (χ0) is 24.2. The van der Waals surface area contributed by atoms with E-state index in [0.29, 0.717) is 30.1 Å². The zero-order valence-corrected chi connectivity index (χ0v) is 19.1. The van der Waals surface area contributed by atoms with E-state index >= 15 is 0 Å². The summed E-state index contributed by atoms with van der Waals surface area (Å²) < 4.78 is 0. The van der Waals surface area contributed by atoms with E-state index in [1.807, 2.05) is 12.2 Å². The SMILES string of the molecule is C=C1C=C[C@@H]2[C@H]3C/C=C\C=C/C(=O)NCCC(O)C4=NC(O)C(=C4O)C(=O)CC/C=C\[C@@H]3C[C@H]12. The minimum atomic E-state index is -1.49. The van der Waals surface area contributed by atoms with Gasteiger partial charge in [-0.3, -0.25) is 9.59 Å². The Balaban J connectivity index is 1.53. The van der Waals surface area contributed by atoms with Crippen LogP contribution in [0, 0.1) is 23.7 Å². The van der Waals surface area contributed by atoms with Crippen LogP contribution < -0.4 is 5.32 Å². The Morgan fingerprint density at radius 3 is 2.74 bits per heavy atom. The lowest BCUT2D eigenvalue weighted by molar-refractivity contribution is -0.117. The third-order valence-corrected chi connectivity index (χ3v) is 7.22. The van der Waals surface area contributed by atoms with Gasteiger partial charge in [0.05, 0.1) is 5.57 Å². The Bertz CT molecular complexity index is 1030. The minimum absolute atomic E-state index is 0.0830. The quantitative estimate of drug-likeness (QED) is 0.411. The molecule has 0 aromatic rings. The van der Waals surface area contributed by atoms with Crippen LogP contribution in [0.5, 0.6) is 0 Å². The highest BCUT2D eigenvalue weighted by atomic mass is 16.3. The van der Waals surface area contributed by atoms with Gasteiger partial charge < -0.3 is 20.6 Å². The van der Waals surface area contributed by atoms with Crippen molar-refractivity contribution in [3.05, 3.63) is 72.1 Å². The smallest absolute Gasteiger partial charge is 0.243 e. The standard InChI is InChI=1S/C27H32N2O5/c1-16-11-12-19-18-8-3-2-4-10-23(32)28-14-13-22(31)25-26(33)24(27(34)29-25)21(30)9-6-5-7-17(18)15-20(16)19/h2-5,7,10-12,17-20,22,27,31,33-34H,1,6,8-9,13-15H2,(H,28,32)/b3-2-,7-5-,10-4-/t17-,18+,19-,20-,22?,27?/m1/s1. The van der Waals surface area contributed by atoms with Gasteiger partial charge in [-0.1, -0.05) is 54.7 Å². The number of carbonyl (C=O) groups excluding carboxylic acids is 2. The lowest BCUT2D eigenvalue weighted by atomic mass is 9.85. The van der Waals surface area contributed by atoms with Gasteiger partial charge >= 0.3 is 0 Å². The van der Waals surface area contributed by atoms with Crippen molar-refractivity contribution in [3.8, 4) is 0 Å². The van der Waals surface area contributed by atoms with E-state index in [1.54, 1.807) is 6.08 Å². The van der Waals surface area contributed by atoms with Crippen molar-refractivity contribution in [2.24, 2.45) is 28.7 Å². The number of aliphatic imine (C=N–C) groups is 1. The summed E-state index contributed by atoms with van der Waals surface area (Å²) in [6.07, 6.45) is 15.5. The fraction of sp³-hybridized carbons (Fsp3) is 0.444. The molecule has 0 radical (unpaired) electrons. The number of aliphatic hydroxyl groups is 3. The third-order valence-electron chi connectivity index (χ3n) is 7.22. The van der Waals surface area contributed by atoms with E-state index in [0.717, 1.165) is 12.8 Å². The number of hydrogen-bond acceptors (Lipinski definition) is 6. The molecule has 180 valence electrons. The van der Waals surface area contributed by atoms with E-state index in [9.17, 15) is 24.9 Å². The molecule has 34 heavy (non-hydrogen) atoms. The van der Waals surface area contributed by atoms with Crippen molar-refractivity contribution in [2.45, 2.75) is 44.4 Å². The molecular formula is C27H32N2O5. The number of rotatable bonds is 0. The second kappa shape index (κ2) is 10.5. The molecule has 1 saturated carbocycles. The molecule has 4 aliphatic rings. The Morgan fingerprint density at radius 1 is 1.09 bits per heavy atom. The molecule has 4 rings (SSSR count). The van der Waals surface area contributed by atoms with Crippen molar-refractivity contribution >= 4 is 17.4 Å². The highest BCUT2D eigenvalue weighted by Crippen LogP contribution is 2.51. The Kier molecular flexibility index (Phi) is 7.44. The summed E-state index contributed by atoms with van der Waals surface area (Å²) in [4.78, 5) is 28.6. The first-order chi connectivity index (χ1) is 16.4. The molecule has 0 aromatic heterocycles. The topological polar surface area (TPSA) is 119 Å². The zero-order valence-electron chi connectivity index (χ0n) is 19.1. The normalized spacial score (nSPS) is 37.6. The second-order valence-corrected chi connectivity index (χ2v) is 9.34. The number of Topliss-reactive ketones (excluding diaryl/α,β-unsaturated/α-hetero) is 1. The molecule has 1 fully saturated rings. The van der Waals surface area contributed by atoms with Gasteiger partial charge in [0.15, 0.2) is 17.8 Å². The molecule has 0 spiro atoms. The van der Waals surface area contributed by atoms with E-state index in [4.69, 9.17) is 0 Å². The fourth-order valence-electron chi connectivity index (χ4n) is 5.44. The summed E-state index contributed by atoms with van der Waals surface area (Å²) in [6.45, 7) is 4.34. The predicted molar refractivity (Wildman–Crippen MR) is 130 cm³/mol. The number of nitrogens with one attached hydrogen (secondary N) is 1. The summed E-state index contributed by atoms with van der Waals surface area (Å²) in [6, 6.07) is 0. The first kappa shape index (κ1) is 24.1. The van der Waals surface area contributed by atoms with Gasteiger partial charge in [0.25, 0.3) is 0 Å². The van der Waals surface area contributed by atoms with E-state index in [1.165, 1.54) is 11.6 Å². The van der Waals surface area contributed by atoms with Crippen LogP contribution in [-0.4, -0.2) is 51.6 Å². The summed E-state index contributed by atoms with van der Waals surface area (Å²) in [7, 11) is 0. The summed E-state index contributed by atoms with van der Waals surface area (Å²) >= 11 is 0. The summed E-state index contributed by atoms with van der Waals surface area (Å²) in [5, 5.41) is 33.7. The van der Waals surface area contributed by atoms with Crippen molar-refractivity contribution in [1.82, 2.24) is 5.32 Å². The van der Waals surface area contributed by atoms with Gasteiger partial charge in [0.1, 0.15) is 11.8 Å². The molecule has 1 amide bonds. The van der Waals surface area contributed by atoms with Crippen LogP contribution in [0.15, 0.2) is 77.1 Å². The lowest BCUT2D eigenvalue weighted by Crippen LogP contribution is -2.29. The van der Waals surface area contributed by atoms with E-state index in [2.05, 4.69) is 41.2 Å². The maximum absolute atomic E-state index is 12.7. The molecule has 7 nitrogen and oxygen atoms in total. The maximum Gasteiger partial charge on any atom is 0.243 e. The monoisotopic (exact) mass is 464 g/mol. The van der Waals surface area contributed by atoms with Crippen molar-refractivity contribution in [1.29, 1.82) is 0 Å². The number of hydrogen-bond donors (Lipinski definition) is 4. The Labute approximate surface area is 199 Å². The molecule has 2 aliphatic heterocycles. The Morgan fingerprint density at radius 2 is 1.91 bits per heavy atom. The van der Waals surface area contributed by atoms with Crippen LogP contribution in [0.25, 0.3) is 0 Å². The van der Waals surface area contributed by atoms with Crippen molar-refractivity contribution < 1.29 is 24.9 Å². The van der Waals surface area contributed by atoms with Crippen LogP contribution in [0.2, 0.25) is 0 Å². The van der Waals surface area contributed by atoms with Gasteiger partial charge in [0.2, 0.25) is 5.91 Å². The van der Waals surface area contributed by atoms with Gasteiger partial charge in [-0.05, 0) is 49.4 Å². The molecule has 2 unspecified atom stereocenters. The summed E-state index contributed by atoms with van der Waals surface area (Å²) in [5.74, 6) is 0.487. The molecule has 0 saturated heterocycles. The predicted octanol–water partition coefficient (Wildman–Crippen LogP) is 2.85. The van der Waals surface area contributed by atoms with E-state index < -0.39 is 23.9 Å². The number of allylic oxidation sites excluding steroid dienone is 8. The fourth-order valence-corrected chi connectivity index (χ4v) is 5.44. The largest absolute Gasteiger partial charge is 0.505 e. The van der Waals surface area contributed by atoms with Crippen LogP contribution >= 0.6 is 0 Å². The van der Waals surface area contributed by atoms with Gasteiger partial charge in [0, 0.05) is 19.0 Å². The average molecular weight is 465 g/mol. The van der Waals surface area contributed by atoms with Crippen molar-refractivity contribution in [3.63, 3.8) is 0 Å². The molecule has 2 aliphatic carbocycles. The first-order valence-corrected chi connectivity index (χ1v) is 11.9. The molecule has 6 atom stereocenters. The highest BCUT2D eigenvalue weighted by molar-refractivity contribution is 6.12. The average Bonchev–Trinajstić information content (AvgIpc) is 3.43. The molecule has 2 heterocycles. The van der Waals surface area contributed by atoms with Gasteiger partial charge in [-0.15, -0.1) is 0 Å². The van der Waals surface area contributed by atoms with Gasteiger partial charge in [-0.25, -0.2) is 4.99 Å². The lowest BCUT2D eigenvalue weighted by Gasteiger charge is -2.19. The maximum atomic E-state index is 12.7. The molecular weight excluding hydrogens is 432 g/mol. The van der Waals surface area contributed by atoms with Crippen LogP contribution in [0.3, 0.4) is 0 Å². The summed E-state index contributed by atoms with van der Waals surface area (Å²) in [5.41, 5.74) is 0.869. The highest BCUT2D eigenvalue weighted by Gasteiger charge is 2.42. The molecule has 4 N–H and O–H groups in total. The minimum Gasteiger partial charge on any atom is -0.505 e. The number of aliphatic hydroxyl groups excluding tert-OH is 3. The number of amides is 1. The second-order valence-electron chi connectivity index (χ2n) is 9.34. The van der Waals surface area contributed by atoms with Crippen LogP contribution in [0.4, 0.5) is 0 Å². The van der Waals surface area contributed by atoms with Crippen LogP contribution in [-0.2, 0) is 9.59 Å². The van der Waals surface area contributed by atoms with Gasteiger partial charge in [-0.2, -0.15) is 0 Å². The molecule has 7 heteroatoms. The third kappa shape index (κ3) is 5.05. The number of carbonyl (C=O) groups is 2. The first-order valence-electron chi connectivity index (χ1n) is 11.9. The molecule has 2 bridgehead atoms. The van der Waals surface area contributed by atoms with Crippen LogP contribution in [0.1, 0.15) is 32.1 Å². The number of fused-ring (bicyclic) bond motifs is 4. The Hall–Kier alpha value is -3.03.